The molecule has 3 atom stereocenters. The summed E-state index contributed by atoms with van der Waals surface area (Å²) in [6.45, 7) is 13.5. The lowest BCUT2D eigenvalue weighted by Crippen LogP contribution is -2.58. The van der Waals surface area contributed by atoms with Crippen LogP contribution < -0.4 is 14.8 Å². The molecule has 2 aliphatic rings. The average molecular weight is 587 g/mol. The second kappa shape index (κ2) is 13.3. The molecule has 8 heteroatoms. The third kappa shape index (κ3) is 6.96. The van der Waals surface area contributed by atoms with Gasteiger partial charge in [0.2, 0.25) is 11.8 Å². The number of likely N-dealkylation sites (N-methyl/N-ethyl adjacent to an activating group) is 1. The molecule has 0 bridgehead atoms. The quantitative estimate of drug-likeness (QED) is 0.347. The number of amides is 2. The summed E-state index contributed by atoms with van der Waals surface area (Å²) in [6.07, 6.45) is 3.46. The number of nitrogens with one attached hydrogen (secondary N) is 1. The maximum Gasteiger partial charge on any atom is 0.242 e. The maximum absolute atomic E-state index is 14.4. The third-order valence-electron chi connectivity index (χ3n) is 8.43. The molecule has 2 amide bonds. The van der Waals surface area contributed by atoms with E-state index in [0.29, 0.717) is 31.9 Å². The van der Waals surface area contributed by atoms with E-state index in [-0.39, 0.29) is 29.4 Å². The van der Waals surface area contributed by atoms with Crippen molar-refractivity contribution < 1.29 is 19.1 Å². The van der Waals surface area contributed by atoms with Gasteiger partial charge in [-0.3, -0.25) is 14.5 Å². The average Bonchev–Trinajstić information content (AvgIpc) is 3.42. The molecule has 0 aliphatic carbocycles. The Balaban J connectivity index is 1.48. The van der Waals surface area contributed by atoms with E-state index in [1.54, 1.807) is 4.90 Å². The number of hydrogen-bond donors (Lipinski definition) is 1. The van der Waals surface area contributed by atoms with Crippen LogP contribution in [0.5, 0.6) is 11.5 Å². The van der Waals surface area contributed by atoms with Crippen molar-refractivity contribution >= 4 is 22.7 Å². The molecular weight excluding hydrogens is 540 g/mol. The van der Waals surface area contributed by atoms with Crippen molar-refractivity contribution in [2.24, 2.45) is 5.41 Å². The van der Waals surface area contributed by atoms with Gasteiger partial charge in [0.1, 0.15) is 23.6 Å². The van der Waals surface area contributed by atoms with Gasteiger partial charge in [-0.2, -0.15) is 0 Å². The summed E-state index contributed by atoms with van der Waals surface area (Å²) in [4.78, 5) is 36.8. The summed E-state index contributed by atoms with van der Waals surface area (Å²) < 4.78 is 12.5. The highest BCUT2D eigenvalue weighted by atomic mass is 16.5. The Bertz CT molecular complexity index is 1410. The Hall–Kier alpha value is -3.65. The Morgan fingerprint density at radius 1 is 1.02 bits per heavy atom. The number of ether oxygens (including phenoxy) is 2. The molecule has 5 rings (SSSR count). The van der Waals surface area contributed by atoms with E-state index in [1.165, 1.54) is 6.42 Å². The Labute approximate surface area is 255 Å². The molecule has 1 N–H and O–H groups in total. The SMILES string of the molecule is CCNC(=O)[C@@H]1C[C@@H](Oc2cc(-c3ccccc3)nc3cc(OCC)ccc23)CN1C(=O)[C@@H](N1CCCCC1)C(C)(C)C. The molecule has 2 aromatic carbocycles. The second-order valence-electron chi connectivity index (χ2n) is 12.7. The summed E-state index contributed by atoms with van der Waals surface area (Å²) in [7, 11) is 0. The van der Waals surface area contributed by atoms with E-state index >= 15 is 0 Å². The monoisotopic (exact) mass is 586 g/mol. The van der Waals surface area contributed by atoms with Crippen molar-refractivity contribution in [1.29, 1.82) is 0 Å². The summed E-state index contributed by atoms with van der Waals surface area (Å²) in [5.41, 5.74) is 2.27. The number of aromatic nitrogens is 1. The summed E-state index contributed by atoms with van der Waals surface area (Å²) in [5.74, 6) is 1.32. The van der Waals surface area contributed by atoms with Gasteiger partial charge < -0.3 is 19.7 Å². The molecule has 8 nitrogen and oxygen atoms in total. The van der Waals surface area contributed by atoms with Crippen molar-refractivity contribution in [3.05, 3.63) is 54.6 Å². The smallest absolute Gasteiger partial charge is 0.242 e. The minimum absolute atomic E-state index is 0.0164. The number of pyridine rings is 1. The first kappa shape index (κ1) is 30.8. The topological polar surface area (TPSA) is 84.0 Å². The first-order valence-electron chi connectivity index (χ1n) is 15.8. The zero-order valence-electron chi connectivity index (χ0n) is 26.3. The van der Waals surface area contributed by atoms with Crippen LogP contribution in [0.4, 0.5) is 0 Å². The molecule has 2 saturated heterocycles. The van der Waals surface area contributed by atoms with E-state index in [4.69, 9.17) is 14.5 Å². The van der Waals surface area contributed by atoms with E-state index in [9.17, 15) is 9.59 Å². The number of fused-ring (bicyclic) bond motifs is 1. The van der Waals surface area contributed by atoms with Crippen LogP contribution in [0.3, 0.4) is 0 Å². The number of piperidine rings is 1. The molecule has 230 valence electrons. The Morgan fingerprint density at radius 3 is 2.44 bits per heavy atom. The highest BCUT2D eigenvalue weighted by molar-refractivity contribution is 5.91. The number of carbonyl (C=O) groups excluding carboxylic acids is 2. The Kier molecular flexibility index (Phi) is 9.55. The fourth-order valence-electron chi connectivity index (χ4n) is 6.54. The predicted octanol–water partition coefficient (Wildman–Crippen LogP) is 5.69. The first-order chi connectivity index (χ1) is 20.7. The van der Waals surface area contributed by atoms with Gasteiger partial charge in [-0.05, 0) is 57.3 Å². The molecular formula is C35H46N4O4. The maximum atomic E-state index is 14.4. The molecule has 0 unspecified atom stereocenters. The molecule has 0 saturated carbocycles. The van der Waals surface area contributed by atoms with Gasteiger partial charge in [-0.15, -0.1) is 0 Å². The number of carbonyl (C=O) groups is 2. The molecule has 43 heavy (non-hydrogen) atoms. The van der Waals surface area contributed by atoms with Gasteiger partial charge in [-0.25, -0.2) is 4.98 Å². The lowest BCUT2D eigenvalue weighted by Gasteiger charge is -2.43. The largest absolute Gasteiger partial charge is 0.494 e. The van der Waals surface area contributed by atoms with Gasteiger partial charge in [0.25, 0.3) is 0 Å². The van der Waals surface area contributed by atoms with Gasteiger partial charge >= 0.3 is 0 Å². The number of rotatable bonds is 9. The lowest BCUT2D eigenvalue weighted by molar-refractivity contribution is -0.146. The minimum atomic E-state index is -0.585. The van der Waals surface area contributed by atoms with Gasteiger partial charge in [0.05, 0.1) is 30.4 Å². The summed E-state index contributed by atoms with van der Waals surface area (Å²) in [6, 6.07) is 16.9. The van der Waals surface area contributed by atoms with Gasteiger partial charge in [0, 0.05) is 36.0 Å². The van der Waals surface area contributed by atoms with Crippen molar-refractivity contribution in [3.8, 4) is 22.8 Å². The molecule has 2 aliphatic heterocycles. The number of nitrogens with zero attached hydrogens (tertiary/aromatic N) is 3. The van der Waals surface area contributed by atoms with E-state index in [0.717, 1.165) is 53.8 Å². The van der Waals surface area contributed by atoms with Crippen LogP contribution in [0.1, 0.15) is 60.3 Å². The standard InChI is InChI=1S/C35H46N4O4/c1-6-36-33(40)30-21-26(23-39(30)34(41)32(35(3,4)5)38-18-12-9-13-19-38)43-31-22-28(24-14-10-8-11-15-24)37-29-20-25(42-7-2)16-17-27(29)31/h8,10-11,14-17,20,22,26,30,32H,6-7,9,12-13,18-19,21,23H2,1-5H3,(H,36,40)/t26-,30+,32-/m1/s1. The fourth-order valence-corrected chi connectivity index (χ4v) is 6.54. The zero-order chi connectivity index (χ0) is 30.6. The summed E-state index contributed by atoms with van der Waals surface area (Å²) in [5, 5.41) is 3.83. The van der Waals surface area contributed by atoms with Crippen LogP contribution in [-0.2, 0) is 9.59 Å². The normalized spacial score (nSPS) is 20.2. The molecule has 1 aromatic heterocycles. The van der Waals surface area contributed by atoms with Crippen LogP contribution in [0.2, 0.25) is 0 Å². The molecule has 2 fully saturated rings. The van der Waals surface area contributed by atoms with Gasteiger partial charge in [-0.1, -0.05) is 57.5 Å². The zero-order valence-corrected chi connectivity index (χ0v) is 26.3. The number of hydrogen-bond acceptors (Lipinski definition) is 6. The molecule has 3 aromatic rings. The number of likely N-dealkylation sites (tertiary alicyclic amines) is 2. The number of benzene rings is 2. The fraction of sp³-hybridized carbons (Fsp3) is 0.514. The van der Waals surface area contributed by atoms with E-state index < -0.39 is 6.04 Å². The van der Waals surface area contributed by atoms with Crippen LogP contribution in [0.25, 0.3) is 22.2 Å². The van der Waals surface area contributed by atoms with E-state index in [2.05, 4.69) is 31.0 Å². The van der Waals surface area contributed by atoms with Crippen molar-refractivity contribution in [3.63, 3.8) is 0 Å². The third-order valence-corrected chi connectivity index (χ3v) is 8.43. The highest BCUT2D eigenvalue weighted by Crippen LogP contribution is 2.36. The van der Waals surface area contributed by atoms with Crippen molar-refractivity contribution in [2.45, 2.75) is 78.5 Å². The lowest BCUT2D eigenvalue weighted by atomic mass is 9.83. The van der Waals surface area contributed by atoms with Crippen molar-refractivity contribution in [2.75, 3.05) is 32.8 Å². The van der Waals surface area contributed by atoms with Crippen LogP contribution >= 0.6 is 0 Å². The Morgan fingerprint density at radius 2 is 1.77 bits per heavy atom. The molecule has 0 radical (unpaired) electrons. The van der Waals surface area contributed by atoms with Crippen LogP contribution in [-0.4, -0.2) is 77.6 Å². The first-order valence-corrected chi connectivity index (χ1v) is 15.8. The highest BCUT2D eigenvalue weighted by Gasteiger charge is 2.47. The minimum Gasteiger partial charge on any atom is -0.494 e. The van der Waals surface area contributed by atoms with Crippen molar-refractivity contribution in [1.82, 2.24) is 20.1 Å². The van der Waals surface area contributed by atoms with Gasteiger partial charge in [0.15, 0.2) is 0 Å². The van der Waals surface area contributed by atoms with E-state index in [1.807, 2.05) is 68.4 Å². The molecule has 0 spiro atoms. The predicted molar refractivity (Wildman–Crippen MR) is 170 cm³/mol. The summed E-state index contributed by atoms with van der Waals surface area (Å²) >= 11 is 0. The molecule has 3 heterocycles. The second-order valence-corrected chi connectivity index (χ2v) is 12.7. The van der Waals surface area contributed by atoms with Crippen LogP contribution in [0.15, 0.2) is 54.6 Å². The van der Waals surface area contributed by atoms with Crippen LogP contribution in [0, 0.1) is 5.41 Å².